The van der Waals surface area contributed by atoms with Crippen molar-refractivity contribution in [2.24, 2.45) is 5.92 Å². The fourth-order valence-corrected chi connectivity index (χ4v) is 3.99. The van der Waals surface area contributed by atoms with E-state index < -0.39 is 47.0 Å². The van der Waals surface area contributed by atoms with Crippen LogP contribution in [0.3, 0.4) is 0 Å². The summed E-state index contributed by atoms with van der Waals surface area (Å²) in [6.45, 7) is 12.2. The van der Waals surface area contributed by atoms with Crippen LogP contribution in [0.4, 0.5) is 4.79 Å². The maximum absolute atomic E-state index is 13.5. The van der Waals surface area contributed by atoms with Gasteiger partial charge in [0.15, 0.2) is 0 Å². The van der Waals surface area contributed by atoms with Crippen LogP contribution in [0.2, 0.25) is 0 Å². The van der Waals surface area contributed by atoms with Gasteiger partial charge in [-0.05, 0) is 32.3 Å². The lowest BCUT2D eigenvalue weighted by Gasteiger charge is -2.40. The minimum Gasteiger partial charge on any atom is -0.467 e. The summed E-state index contributed by atoms with van der Waals surface area (Å²) in [5.74, 6) is -1.70. The molecule has 1 aromatic rings. The number of nitrogens with zero attached hydrogens (tertiary/aromatic N) is 2. The van der Waals surface area contributed by atoms with Gasteiger partial charge in [-0.1, -0.05) is 58.0 Å². The maximum atomic E-state index is 13.5. The molecule has 0 aliphatic rings. The number of carbonyl (C=O) groups is 4. The van der Waals surface area contributed by atoms with Gasteiger partial charge in [-0.25, -0.2) is 9.59 Å². The number of ether oxygens (including phenoxy) is 2. The fraction of sp³-hybridized carbons (Fsp3) is 0.615. The Morgan fingerprint density at radius 3 is 1.94 bits per heavy atom. The Morgan fingerprint density at radius 2 is 1.49 bits per heavy atom. The largest absolute Gasteiger partial charge is 0.467 e. The van der Waals surface area contributed by atoms with Crippen LogP contribution in [0.15, 0.2) is 30.3 Å². The van der Waals surface area contributed by atoms with Gasteiger partial charge in [0.2, 0.25) is 11.8 Å². The van der Waals surface area contributed by atoms with Crippen LogP contribution in [-0.4, -0.2) is 79.1 Å². The van der Waals surface area contributed by atoms with E-state index in [9.17, 15) is 19.2 Å². The Hall–Kier alpha value is -3.10. The highest BCUT2D eigenvalue weighted by molar-refractivity contribution is 5.92. The summed E-state index contributed by atoms with van der Waals surface area (Å²) in [4.78, 5) is 53.9. The third-order valence-corrected chi connectivity index (χ3v) is 5.82. The van der Waals surface area contributed by atoms with Crippen molar-refractivity contribution >= 4 is 23.9 Å². The van der Waals surface area contributed by atoms with Crippen molar-refractivity contribution in [3.05, 3.63) is 35.9 Å². The standard InChI is InChI=1S/C26H41N3O6/c1-17(2)20(23(32)34-10)28(8)19(30)16-27-22(31)21(29(9)24(33)35-25(3,4)5)26(6,7)18-14-12-11-13-15-18/h11-15,17,20-21H,16H2,1-10H3,(H,27,31). The van der Waals surface area contributed by atoms with Crippen molar-refractivity contribution in [3.8, 4) is 0 Å². The maximum Gasteiger partial charge on any atom is 0.410 e. The SMILES string of the molecule is COC(=O)C(C(C)C)N(C)C(=O)CNC(=O)C(N(C)C(=O)OC(C)(C)C)C(C)(C)c1ccccc1. The number of hydrogen-bond acceptors (Lipinski definition) is 6. The summed E-state index contributed by atoms with van der Waals surface area (Å²) < 4.78 is 10.3. The van der Waals surface area contributed by atoms with E-state index in [1.807, 2.05) is 44.2 Å². The van der Waals surface area contributed by atoms with Gasteiger partial charge < -0.3 is 19.7 Å². The predicted octanol–water partition coefficient (Wildman–Crippen LogP) is 2.97. The molecule has 0 radical (unpaired) electrons. The summed E-state index contributed by atoms with van der Waals surface area (Å²) >= 11 is 0. The highest BCUT2D eigenvalue weighted by atomic mass is 16.6. The molecule has 1 aromatic carbocycles. The third-order valence-electron chi connectivity index (χ3n) is 5.82. The molecule has 1 rings (SSSR count). The van der Waals surface area contributed by atoms with Crippen molar-refractivity contribution in [2.45, 2.75) is 71.6 Å². The van der Waals surface area contributed by atoms with Crippen molar-refractivity contribution < 1.29 is 28.7 Å². The highest BCUT2D eigenvalue weighted by Gasteiger charge is 2.43. The second kappa shape index (κ2) is 12.0. The molecule has 9 heteroatoms. The Bertz CT molecular complexity index is 892. The average molecular weight is 492 g/mol. The Balaban J connectivity index is 3.20. The normalized spacial score (nSPS) is 13.5. The van der Waals surface area contributed by atoms with Crippen LogP contribution >= 0.6 is 0 Å². The minimum absolute atomic E-state index is 0.185. The van der Waals surface area contributed by atoms with E-state index in [-0.39, 0.29) is 12.5 Å². The first-order valence-corrected chi connectivity index (χ1v) is 11.7. The first kappa shape index (κ1) is 29.9. The number of hydrogen-bond donors (Lipinski definition) is 1. The molecule has 3 amide bonds. The van der Waals surface area contributed by atoms with Gasteiger partial charge in [0.25, 0.3) is 0 Å². The number of likely N-dealkylation sites (N-methyl/N-ethyl adjacent to an activating group) is 2. The van der Waals surface area contributed by atoms with Crippen molar-refractivity contribution in [1.82, 2.24) is 15.1 Å². The van der Waals surface area contributed by atoms with Crippen LogP contribution < -0.4 is 5.32 Å². The van der Waals surface area contributed by atoms with E-state index in [0.29, 0.717) is 0 Å². The van der Waals surface area contributed by atoms with Crippen LogP contribution in [0.1, 0.15) is 54.0 Å². The highest BCUT2D eigenvalue weighted by Crippen LogP contribution is 2.31. The minimum atomic E-state index is -0.987. The summed E-state index contributed by atoms with van der Waals surface area (Å²) in [5.41, 5.74) is -0.732. The van der Waals surface area contributed by atoms with Crippen LogP contribution in [0.5, 0.6) is 0 Å². The van der Waals surface area contributed by atoms with Crippen LogP contribution in [0.25, 0.3) is 0 Å². The number of rotatable bonds is 9. The molecule has 196 valence electrons. The first-order chi connectivity index (χ1) is 16.0. The number of benzene rings is 1. The van der Waals surface area contributed by atoms with Crippen molar-refractivity contribution in [1.29, 1.82) is 0 Å². The third kappa shape index (κ3) is 7.97. The quantitative estimate of drug-likeness (QED) is 0.533. The zero-order chi connectivity index (χ0) is 27.1. The zero-order valence-electron chi connectivity index (χ0n) is 22.7. The van der Waals surface area contributed by atoms with Crippen LogP contribution in [0, 0.1) is 5.92 Å². The lowest BCUT2D eigenvalue weighted by molar-refractivity contribution is -0.153. The molecule has 9 nitrogen and oxygen atoms in total. The Kier molecular flexibility index (Phi) is 10.3. The number of amides is 3. The van der Waals surface area contributed by atoms with Crippen LogP contribution in [-0.2, 0) is 29.3 Å². The molecule has 0 fully saturated rings. The molecule has 2 unspecified atom stereocenters. The summed E-state index contributed by atoms with van der Waals surface area (Å²) in [6.07, 6.45) is -0.657. The number of carbonyl (C=O) groups excluding carboxylic acids is 4. The zero-order valence-corrected chi connectivity index (χ0v) is 22.7. The molecule has 0 aliphatic heterocycles. The monoisotopic (exact) mass is 491 g/mol. The topological polar surface area (TPSA) is 105 Å². The number of methoxy groups -OCH3 is 1. The molecular weight excluding hydrogens is 450 g/mol. The van der Waals surface area contributed by atoms with E-state index in [1.54, 1.807) is 34.6 Å². The van der Waals surface area contributed by atoms with E-state index in [2.05, 4.69) is 5.32 Å². The molecule has 0 aromatic heterocycles. The molecule has 0 bridgehead atoms. The van der Waals surface area contributed by atoms with Gasteiger partial charge in [-0.15, -0.1) is 0 Å². The Morgan fingerprint density at radius 1 is 0.943 bits per heavy atom. The van der Waals surface area contributed by atoms with Gasteiger partial charge in [0, 0.05) is 19.5 Å². The van der Waals surface area contributed by atoms with Crippen molar-refractivity contribution in [3.63, 3.8) is 0 Å². The predicted molar refractivity (Wildman–Crippen MR) is 134 cm³/mol. The summed E-state index contributed by atoms with van der Waals surface area (Å²) in [5, 5.41) is 2.66. The smallest absolute Gasteiger partial charge is 0.410 e. The van der Waals surface area contributed by atoms with Gasteiger partial charge in [-0.3, -0.25) is 14.5 Å². The average Bonchev–Trinajstić information content (AvgIpc) is 2.76. The second-order valence-electron chi connectivity index (χ2n) is 10.5. The van der Waals surface area contributed by atoms with Gasteiger partial charge >= 0.3 is 12.1 Å². The molecule has 35 heavy (non-hydrogen) atoms. The van der Waals surface area contributed by atoms with Gasteiger partial charge in [0.1, 0.15) is 17.7 Å². The summed E-state index contributed by atoms with van der Waals surface area (Å²) in [6, 6.07) is 7.57. The van der Waals surface area contributed by atoms with Gasteiger partial charge in [-0.2, -0.15) is 0 Å². The van der Waals surface area contributed by atoms with Crippen molar-refractivity contribution in [2.75, 3.05) is 27.7 Å². The van der Waals surface area contributed by atoms with E-state index in [4.69, 9.17) is 9.47 Å². The van der Waals surface area contributed by atoms with Gasteiger partial charge in [0.05, 0.1) is 13.7 Å². The van der Waals surface area contributed by atoms with E-state index >= 15 is 0 Å². The van der Waals surface area contributed by atoms with E-state index in [0.717, 1.165) is 5.56 Å². The lowest BCUT2D eigenvalue weighted by atomic mass is 9.76. The summed E-state index contributed by atoms with van der Waals surface area (Å²) in [7, 11) is 4.26. The first-order valence-electron chi connectivity index (χ1n) is 11.7. The molecule has 0 heterocycles. The molecule has 0 saturated carbocycles. The molecule has 0 aliphatic carbocycles. The fourth-order valence-electron chi connectivity index (χ4n) is 3.99. The molecule has 2 atom stereocenters. The number of esters is 1. The van der Waals surface area contributed by atoms with E-state index in [1.165, 1.54) is 31.0 Å². The molecule has 0 saturated heterocycles. The number of nitrogens with one attached hydrogen (secondary N) is 1. The second-order valence-corrected chi connectivity index (χ2v) is 10.5. The Labute approximate surface area is 209 Å². The molecule has 0 spiro atoms. The lowest BCUT2D eigenvalue weighted by Crippen LogP contribution is -2.58. The molecular formula is C26H41N3O6. The molecule has 1 N–H and O–H groups in total.